The highest BCUT2D eigenvalue weighted by molar-refractivity contribution is 7.89. The summed E-state index contributed by atoms with van der Waals surface area (Å²) < 4.78 is 34.5. The highest BCUT2D eigenvalue weighted by Gasteiger charge is 2.65. The normalized spacial score (nSPS) is 23.1. The van der Waals surface area contributed by atoms with Gasteiger partial charge in [-0.15, -0.1) is 0 Å². The number of ether oxygens (including phenoxy) is 1. The average Bonchev–Trinajstić information content (AvgIpc) is 3.25. The molecule has 1 spiro atoms. The predicted octanol–water partition coefficient (Wildman–Crippen LogP) is 2.95. The van der Waals surface area contributed by atoms with Crippen LogP contribution in [0, 0.1) is 0 Å². The van der Waals surface area contributed by atoms with Crippen LogP contribution < -0.4 is 11.1 Å². The van der Waals surface area contributed by atoms with Gasteiger partial charge in [0, 0.05) is 36.2 Å². The van der Waals surface area contributed by atoms with Gasteiger partial charge in [-0.2, -0.15) is 4.31 Å². The number of carbonyl (C=O) groups is 2. The second-order valence-electron chi connectivity index (χ2n) is 9.97. The Hall–Kier alpha value is -3.29. The molecule has 11 nitrogen and oxygen atoms in total. The van der Waals surface area contributed by atoms with Crippen molar-refractivity contribution in [3.8, 4) is 0 Å². The molecule has 1 aromatic heterocycles. The van der Waals surface area contributed by atoms with Crippen molar-refractivity contribution in [2.75, 3.05) is 37.6 Å². The average molecular weight is 575 g/mol. The van der Waals surface area contributed by atoms with Crippen molar-refractivity contribution < 1.29 is 27.9 Å². The Kier molecular flexibility index (Phi) is 6.80. The first kappa shape index (κ1) is 27.3. The van der Waals surface area contributed by atoms with Crippen LogP contribution in [0.2, 0.25) is 5.02 Å². The van der Waals surface area contributed by atoms with Crippen molar-refractivity contribution >= 4 is 50.0 Å². The topological polar surface area (TPSA) is 157 Å². The van der Waals surface area contributed by atoms with E-state index in [4.69, 9.17) is 16.3 Å². The zero-order valence-corrected chi connectivity index (χ0v) is 22.9. The summed E-state index contributed by atoms with van der Waals surface area (Å²) in [5, 5.41) is 12.3. The first-order valence-electron chi connectivity index (χ1n) is 12.2. The smallest absolute Gasteiger partial charge is 0.359 e. The predicted molar refractivity (Wildman–Crippen MR) is 145 cm³/mol. The molecular formula is C26H29ClN5O6S+. The number of carbonyl (C=O) groups excluding carboxylic acids is 1. The molecule has 0 radical (unpaired) electrons. The minimum atomic E-state index is -4.20. The van der Waals surface area contributed by atoms with Gasteiger partial charge in [0.2, 0.25) is 15.9 Å². The molecule has 6 rings (SSSR count). The molecule has 3 aromatic rings. The van der Waals surface area contributed by atoms with Crippen molar-refractivity contribution in [1.29, 1.82) is 0 Å². The van der Waals surface area contributed by atoms with E-state index in [0.29, 0.717) is 36.3 Å². The lowest BCUT2D eigenvalue weighted by Crippen LogP contribution is -2.67. The molecule has 5 N–H and O–H groups in total. The van der Waals surface area contributed by atoms with Gasteiger partial charge in [-0.25, -0.2) is 13.2 Å². The Bertz CT molecular complexity index is 1550. The van der Waals surface area contributed by atoms with E-state index in [1.54, 1.807) is 36.7 Å². The van der Waals surface area contributed by atoms with E-state index in [0.717, 1.165) is 15.4 Å². The van der Waals surface area contributed by atoms with Gasteiger partial charge in [0.15, 0.2) is 0 Å². The van der Waals surface area contributed by atoms with Gasteiger partial charge in [-0.1, -0.05) is 23.7 Å². The van der Waals surface area contributed by atoms with Crippen LogP contribution in [0.25, 0.3) is 10.8 Å². The van der Waals surface area contributed by atoms with Crippen molar-refractivity contribution in [3.63, 3.8) is 0 Å². The fraction of sp³-hybridized carbons (Fsp3) is 0.346. The summed E-state index contributed by atoms with van der Waals surface area (Å²) in [4.78, 5) is 33.3. The number of piperazine rings is 1. The number of carboxylic acids is 1. The van der Waals surface area contributed by atoms with Gasteiger partial charge in [0.1, 0.15) is 0 Å². The summed E-state index contributed by atoms with van der Waals surface area (Å²) in [6, 6.07) is 13.5. The number of aliphatic carboxylic acids is 1. The van der Waals surface area contributed by atoms with E-state index in [9.17, 15) is 23.1 Å². The minimum Gasteiger partial charge on any atom is -0.478 e. The SMILES string of the molecule is O=C1CN(S(=O)(=O)c2ccc3cc(Cl)ccc3c2)CC2(C(=O)O)OC3(CCN(c4ccncc4)CC3)CN12.[NH4+]. The molecule has 3 aliphatic rings. The maximum atomic E-state index is 13.6. The lowest BCUT2D eigenvalue weighted by Gasteiger charge is -2.42. The van der Waals surface area contributed by atoms with Gasteiger partial charge in [0.05, 0.1) is 30.1 Å². The fourth-order valence-corrected chi connectivity index (χ4v) is 7.31. The molecule has 1 atom stereocenters. The zero-order valence-electron chi connectivity index (χ0n) is 21.3. The van der Waals surface area contributed by atoms with Crippen LogP contribution in [-0.4, -0.2) is 83.6 Å². The Labute approximate surface area is 230 Å². The summed E-state index contributed by atoms with van der Waals surface area (Å²) in [5.74, 6) is -1.98. The van der Waals surface area contributed by atoms with E-state index in [-0.39, 0.29) is 17.6 Å². The second kappa shape index (κ2) is 9.72. The van der Waals surface area contributed by atoms with Crippen LogP contribution in [0.5, 0.6) is 0 Å². The first-order chi connectivity index (χ1) is 18.1. The standard InChI is InChI=1S/C26H25ClN4O6S.H3N/c27-20-3-1-19-14-22(4-2-18(19)13-20)38(35,36)30-15-23(32)31-16-25(37-26(31,17-30)24(33)34)7-11-29(12-8-25)21-5-9-28-10-6-21;/h1-6,9-10,13-14H,7-8,11-12,15-17H2,(H,33,34);1H3/p+1. The lowest BCUT2D eigenvalue weighted by atomic mass is 9.91. The Balaban J connectivity index is 0.00000308. The fourth-order valence-electron chi connectivity index (χ4n) is 5.69. The van der Waals surface area contributed by atoms with E-state index >= 15 is 0 Å². The number of anilines is 1. The van der Waals surface area contributed by atoms with E-state index in [1.807, 2.05) is 12.1 Å². The number of hydrogen-bond acceptors (Lipinski definition) is 7. The molecule has 1 unspecified atom stereocenters. The molecular weight excluding hydrogens is 546 g/mol. The molecule has 3 aliphatic heterocycles. The number of halogens is 1. The number of fused-ring (bicyclic) bond motifs is 2. The number of piperidine rings is 1. The molecule has 0 saturated carbocycles. The van der Waals surface area contributed by atoms with E-state index < -0.39 is 46.3 Å². The van der Waals surface area contributed by atoms with Crippen LogP contribution in [0.15, 0.2) is 65.8 Å². The third-order valence-electron chi connectivity index (χ3n) is 7.72. The summed E-state index contributed by atoms with van der Waals surface area (Å²) in [6.07, 6.45) is 4.41. The molecule has 39 heavy (non-hydrogen) atoms. The maximum absolute atomic E-state index is 13.6. The lowest BCUT2D eigenvalue weighted by molar-refractivity contribution is -0.202. The summed E-state index contributed by atoms with van der Waals surface area (Å²) in [5.41, 5.74) is -1.96. The largest absolute Gasteiger partial charge is 0.478 e. The Morgan fingerprint density at radius 2 is 1.67 bits per heavy atom. The minimum absolute atomic E-state index is 0. The number of quaternary nitrogens is 1. The number of pyridine rings is 1. The molecule has 13 heteroatoms. The molecule has 0 bridgehead atoms. The van der Waals surface area contributed by atoms with Gasteiger partial charge in [-0.05, 0) is 60.0 Å². The Morgan fingerprint density at radius 3 is 2.36 bits per heavy atom. The number of carboxylic acid groups (broad SMARTS) is 1. The van der Waals surface area contributed by atoms with Gasteiger partial charge in [0.25, 0.3) is 5.72 Å². The highest BCUT2D eigenvalue weighted by atomic mass is 35.5. The van der Waals surface area contributed by atoms with E-state index in [2.05, 4.69) is 9.88 Å². The zero-order chi connectivity index (χ0) is 26.7. The molecule has 206 valence electrons. The Morgan fingerprint density at radius 1 is 1.00 bits per heavy atom. The molecule has 1 amide bonds. The summed E-state index contributed by atoms with van der Waals surface area (Å²) in [7, 11) is -4.20. The number of nitrogens with zero attached hydrogens (tertiary/aromatic N) is 4. The van der Waals surface area contributed by atoms with Crippen molar-refractivity contribution in [2.24, 2.45) is 0 Å². The van der Waals surface area contributed by atoms with Gasteiger partial charge in [-0.3, -0.25) is 14.7 Å². The van der Waals surface area contributed by atoms with Crippen molar-refractivity contribution in [2.45, 2.75) is 29.1 Å². The molecule has 3 fully saturated rings. The number of aromatic nitrogens is 1. The quantitative estimate of drug-likeness (QED) is 0.481. The van der Waals surface area contributed by atoms with Gasteiger partial charge >= 0.3 is 5.97 Å². The third kappa shape index (κ3) is 4.51. The van der Waals surface area contributed by atoms with Crippen molar-refractivity contribution in [3.05, 3.63) is 65.9 Å². The molecule has 3 saturated heterocycles. The second-order valence-corrected chi connectivity index (χ2v) is 12.3. The highest BCUT2D eigenvalue weighted by Crippen LogP contribution is 2.44. The first-order valence-corrected chi connectivity index (χ1v) is 14.0. The molecule has 0 aliphatic carbocycles. The van der Waals surface area contributed by atoms with Crippen LogP contribution in [-0.2, 0) is 24.3 Å². The summed E-state index contributed by atoms with van der Waals surface area (Å²) in [6.45, 7) is 0.353. The number of benzene rings is 2. The number of sulfonamides is 1. The molecule has 2 aromatic carbocycles. The maximum Gasteiger partial charge on any atom is 0.359 e. The summed E-state index contributed by atoms with van der Waals surface area (Å²) >= 11 is 6.04. The van der Waals surface area contributed by atoms with Crippen LogP contribution in [0.4, 0.5) is 5.69 Å². The number of amides is 1. The van der Waals surface area contributed by atoms with Crippen LogP contribution in [0.1, 0.15) is 12.8 Å². The van der Waals surface area contributed by atoms with E-state index in [1.165, 1.54) is 17.0 Å². The van der Waals surface area contributed by atoms with Crippen LogP contribution in [0.3, 0.4) is 0 Å². The van der Waals surface area contributed by atoms with Crippen LogP contribution >= 0.6 is 11.6 Å². The van der Waals surface area contributed by atoms with Gasteiger partial charge < -0.3 is 20.9 Å². The molecule has 4 heterocycles. The third-order valence-corrected chi connectivity index (χ3v) is 9.74. The van der Waals surface area contributed by atoms with Crippen molar-refractivity contribution in [1.82, 2.24) is 20.3 Å². The monoisotopic (exact) mass is 574 g/mol. The number of hydrogen-bond donors (Lipinski definition) is 2. The number of rotatable bonds is 4.